The molecule has 0 spiro atoms. The average molecular weight is 374 g/mol. The molecule has 0 aromatic heterocycles. The molecule has 1 aromatic rings. The van der Waals surface area contributed by atoms with Crippen LogP contribution in [0.4, 0.5) is 5.69 Å². The Morgan fingerprint density at radius 2 is 1.67 bits per heavy atom. The van der Waals surface area contributed by atoms with E-state index in [1.165, 1.54) is 69.5 Å². The Morgan fingerprint density at radius 3 is 2.38 bits per heavy atom. The first-order valence-electron chi connectivity index (χ1n) is 9.01. The molecule has 1 aliphatic heterocycles. The number of para-hydroxylation sites is 1. The molecule has 0 amide bonds. The highest BCUT2D eigenvalue weighted by Gasteiger charge is 2.22. The highest BCUT2D eigenvalue weighted by molar-refractivity contribution is 5.85. The van der Waals surface area contributed by atoms with Crippen LogP contribution in [0, 0.1) is 12.8 Å². The maximum atomic E-state index is 6.03. The maximum absolute atomic E-state index is 6.03. The Hall–Kier alpha value is -0.480. The maximum Gasteiger partial charge on any atom is 0.0396 e. The number of rotatable bonds is 3. The summed E-state index contributed by atoms with van der Waals surface area (Å²) in [6, 6.07) is 9.26. The van der Waals surface area contributed by atoms with Crippen molar-refractivity contribution in [3.8, 4) is 0 Å². The van der Waals surface area contributed by atoms with Crippen LogP contribution in [0.2, 0.25) is 0 Å². The molecule has 24 heavy (non-hydrogen) atoms. The fraction of sp³-hybridized carbons (Fsp3) is 0.684. The van der Waals surface area contributed by atoms with E-state index < -0.39 is 0 Å². The minimum atomic E-state index is 0. The molecule has 2 fully saturated rings. The van der Waals surface area contributed by atoms with E-state index in [2.05, 4.69) is 41.0 Å². The molecule has 1 saturated heterocycles. The van der Waals surface area contributed by atoms with Crippen molar-refractivity contribution in [3.63, 3.8) is 0 Å². The molecule has 3 rings (SSSR count). The summed E-state index contributed by atoms with van der Waals surface area (Å²) >= 11 is 0. The molecule has 1 aromatic carbocycles. The second-order valence-corrected chi connectivity index (χ2v) is 7.21. The molecule has 3 nitrogen and oxygen atoms in total. The van der Waals surface area contributed by atoms with Gasteiger partial charge >= 0.3 is 0 Å². The summed E-state index contributed by atoms with van der Waals surface area (Å²) in [6.07, 6.45) is 6.40. The Labute approximate surface area is 159 Å². The molecule has 1 saturated carbocycles. The van der Waals surface area contributed by atoms with E-state index in [0.29, 0.717) is 6.04 Å². The number of halogens is 2. The van der Waals surface area contributed by atoms with Crippen molar-refractivity contribution < 1.29 is 0 Å². The zero-order valence-electron chi connectivity index (χ0n) is 14.8. The highest BCUT2D eigenvalue weighted by Crippen LogP contribution is 2.25. The van der Waals surface area contributed by atoms with Gasteiger partial charge in [0, 0.05) is 37.9 Å². The number of benzene rings is 1. The van der Waals surface area contributed by atoms with E-state index in [1.807, 2.05) is 0 Å². The zero-order valence-corrected chi connectivity index (χ0v) is 16.5. The summed E-state index contributed by atoms with van der Waals surface area (Å²) in [5.41, 5.74) is 8.86. The van der Waals surface area contributed by atoms with Gasteiger partial charge in [0.1, 0.15) is 0 Å². The monoisotopic (exact) mass is 373 g/mol. The third-order valence-corrected chi connectivity index (χ3v) is 5.45. The van der Waals surface area contributed by atoms with Crippen molar-refractivity contribution in [1.82, 2.24) is 4.90 Å². The predicted molar refractivity (Wildman–Crippen MR) is 109 cm³/mol. The Bertz CT molecular complexity index is 475. The van der Waals surface area contributed by atoms with Gasteiger partial charge in [-0.05, 0) is 63.1 Å². The molecule has 0 radical (unpaired) electrons. The first-order valence-corrected chi connectivity index (χ1v) is 9.01. The number of nitrogens with zero attached hydrogens (tertiary/aromatic N) is 2. The van der Waals surface area contributed by atoms with Crippen LogP contribution >= 0.6 is 24.8 Å². The van der Waals surface area contributed by atoms with Gasteiger partial charge in [-0.15, -0.1) is 24.8 Å². The topological polar surface area (TPSA) is 32.5 Å². The number of nitrogens with two attached hydrogens (primary N) is 1. The van der Waals surface area contributed by atoms with Crippen molar-refractivity contribution in [2.75, 3.05) is 37.6 Å². The molecule has 5 heteroatoms. The first-order chi connectivity index (χ1) is 10.7. The lowest BCUT2D eigenvalue weighted by Crippen LogP contribution is -2.36. The minimum absolute atomic E-state index is 0. The van der Waals surface area contributed by atoms with E-state index in [0.717, 1.165) is 12.5 Å². The van der Waals surface area contributed by atoms with E-state index >= 15 is 0 Å². The molecular formula is C19H33Cl2N3. The van der Waals surface area contributed by atoms with Gasteiger partial charge in [-0.25, -0.2) is 0 Å². The van der Waals surface area contributed by atoms with Crippen molar-refractivity contribution in [1.29, 1.82) is 0 Å². The zero-order chi connectivity index (χ0) is 15.4. The Balaban J connectivity index is 0.00000144. The Morgan fingerprint density at radius 1 is 0.958 bits per heavy atom. The molecule has 0 unspecified atom stereocenters. The average Bonchev–Trinajstić information content (AvgIpc) is 2.76. The van der Waals surface area contributed by atoms with Crippen LogP contribution in [0.3, 0.4) is 0 Å². The lowest BCUT2D eigenvalue weighted by molar-refractivity contribution is 0.204. The quantitative estimate of drug-likeness (QED) is 0.872. The molecule has 2 N–H and O–H groups in total. The molecule has 1 aliphatic carbocycles. The summed E-state index contributed by atoms with van der Waals surface area (Å²) in [4.78, 5) is 5.27. The first kappa shape index (κ1) is 21.6. The van der Waals surface area contributed by atoms with Crippen molar-refractivity contribution in [2.24, 2.45) is 11.7 Å². The van der Waals surface area contributed by atoms with Crippen LogP contribution in [0.1, 0.15) is 37.7 Å². The second kappa shape index (κ2) is 10.5. The summed E-state index contributed by atoms with van der Waals surface area (Å²) in [7, 11) is 0. The molecule has 138 valence electrons. The van der Waals surface area contributed by atoms with E-state index in [9.17, 15) is 0 Å². The SMILES string of the molecule is Cc1ccccc1N1CCCN(CC2CCC(N)CC2)CC1.Cl.Cl. The summed E-state index contributed by atoms with van der Waals surface area (Å²) in [5.74, 6) is 0.879. The van der Waals surface area contributed by atoms with Gasteiger partial charge in [-0.3, -0.25) is 0 Å². The third kappa shape index (κ3) is 5.80. The lowest BCUT2D eigenvalue weighted by atomic mass is 9.86. The van der Waals surface area contributed by atoms with E-state index in [-0.39, 0.29) is 24.8 Å². The summed E-state index contributed by atoms with van der Waals surface area (Å²) < 4.78 is 0. The van der Waals surface area contributed by atoms with Crippen molar-refractivity contribution in [3.05, 3.63) is 29.8 Å². The van der Waals surface area contributed by atoms with Gasteiger partial charge < -0.3 is 15.5 Å². The summed E-state index contributed by atoms with van der Waals surface area (Å²) in [5, 5.41) is 0. The fourth-order valence-electron chi connectivity index (χ4n) is 4.05. The van der Waals surface area contributed by atoms with E-state index in [1.54, 1.807) is 0 Å². The lowest BCUT2D eigenvalue weighted by Gasteiger charge is -2.31. The molecule has 0 bridgehead atoms. The largest absolute Gasteiger partial charge is 0.370 e. The molecule has 1 heterocycles. The van der Waals surface area contributed by atoms with Gasteiger partial charge in [0.05, 0.1) is 0 Å². The third-order valence-electron chi connectivity index (χ3n) is 5.45. The normalized spacial score (nSPS) is 25.3. The molecule has 2 aliphatic rings. The van der Waals surface area contributed by atoms with Crippen LogP contribution in [0.15, 0.2) is 24.3 Å². The van der Waals surface area contributed by atoms with Crippen LogP contribution in [0.25, 0.3) is 0 Å². The fourth-order valence-corrected chi connectivity index (χ4v) is 4.05. The van der Waals surface area contributed by atoms with Crippen LogP contribution in [0.5, 0.6) is 0 Å². The number of anilines is 1. The standard InChI is InChI=1S/C19H31N3.2ClH/c1-16-5-2-3-6-19(16)22-12-4-11-21(13-14-22)15-17-7-9-18(20)10-8-17;;/h2-3,5-6,17-18H,4,7-15,20H2,1H3;2*1H. The van der Waals surface area contributed by atoms with Gasteiger partial charge in [-0.2, -0.15) is 0 Å². The second-order valence-electron chi connectivity index (χ2n) is 7.21. The number of hydrogen-bond donors (Lipinski definition) is 1. The number of aryl methyl sites for hydroxylation is 1. The Kier molecular flexibility index (Phi) is 9.43. The van der Waals surface area contributed by atoms with Crippen LogP contribution < -0.4 is 10.6 Å². The van der Waals surface area contributed by atoms with Crippen molar-refractivity contribution in [2.45, 2.75) is 45.1 Å². The van der Waals surface area contributed by atoms with Gasteiger partial charge in [0.25, 0.3) is 0 Å². The summed E-state index contributed by atoms with van der Waals surface area (Å²) in [6.45, 7) is 8.33. The molecule has 0 atom stereocenters. The van der Waals surface area contributed by atoms with Gasteiger partial charge in [-0.1, -0.05) is 18.2 Å². The van der Waals surface area contributed by atoms with Gasteiger partial charge in [0.2, 0.25) is 0 Å². The predicted octanol–water partition coefficient (Wildman–Crippen LogP) is 3.87. The van der Waals surface area contributed by atoms with Crippen LogP contribution in [-0.4, -0.2) is 43.7 Å². The van der Waals surface area contributed by atoms with E-state index in [4.69, 9.17) is 5.73 Å². The van der Waals surface area contributed by atoms with Crippen LogP contribution in [-0.2, 0) is 0 Å². The minimum Gasteiger partial charge on any atom is -0.370 e. The van der Waals surface area contributed by atoms with Gasteiger partial charge in [0.15, 0.2) is 0 Å². The van der Waals surface area contributed by atoms with Crippen molar-refractivity contribution >= 4 is 30.5 Å². The highest BCUT2D eigenvalue weighted by atomic mass is 35.5. The smallest absolute Gasteiger partial charge is 0.0396 e. The molecular weight excluding hydrogens is 341 g/mol. The number of hydrogen-bond acceptors (Lipinski definition) is 3.